The molecule has 1 heterocycles. The first-order valence-corrected chi connectivity index (χ1v) is 9.78. The van der Waals surface area contributed by atoms with Crippen molar-refractivity contribution in [3.8, 4) is 11.8 Å². The summed E-state index contributed by atoms with van der Waals surface area (Å²) in [5.74, 6) is 0.422. The number of aromatic nitrogens is 1. The van der Waals surface area contributed by atoms with Gasteiger partial charge in [-0.1, -0.05) is 35.9 Å². The smallest absolute Gasteiger partial charge is 0.262 e. The maximum atomic E-state index is 12.3. The minimum Gasteiger partial charge on any atom is -0.492 e. The van der Waals surface area contributed by atoms with Crippen LogP contribution in [0.15, 0.2) is 60.3 Å². The molecule has 3 rings (SSSR count). The molecule has 0 aliphatic carbocycles. The number of fused-ring (bicyclic) bond motifs is 1. The Morgan fingerprint density at radius 2 is 1.93 bits per heavy atom. The summed E-state index contributed by atoms with van der Waals surface area (Å²) in [6.45, 7) is 3.94. The van der Waals surface area contributed by atoms with Crippen LogP contribution in [-0.2, 0) is 16.1 Å². The number of carbonyl (C=O) groups excluding carboxylic acids is 1. The third kappa shape index (κ3) is 5.28. The summed E-state index contributed by atoms with van der Waals surface area (Å²) in [4.78, 5) is 12.3. The molecule has 0 saturated heterocycles. The summed E-state index contributed by atoms with van der Waals surface area (Å²) in [6, 6.07) is 17.9. The first kappa shape index (κ1) is 21.2. The van der Waals surface area contributed by atoms with Crippen molar-refractivity contribution in [1.82, 2.24) is 9.88 Å². The number of methoxy groups -OCH3 is 1. The monoisotopic (exact) mass is 403 g/mol. The van der Waals surface area contributed by atoms with E-state index in [4.69, 9.17) is 9.47 Å². The molecular formula is C24H25N3O3. The van der Waals surface area contributed by atoms with E-state index in [2.05, 4.69) is 9.88 Å². The van der Waals surface area contributed by atoms with Crippen molar-refractivity contribution in [2.75, 3.05) is 26.9 Å². The Bertz CT molecular complexity index is 1080. The third-order valence-corrected chi connectivity index (χ3v) is 4.70. The van der Waals surface area contributed by atoms with Crippen LogP contribution in [0.25, 0.3) is 17.0 Å². The van der Waals surface area contributed by atoms with Gasteiger partial charge >= 0.3 is 0 Å². The lowest BCUT2D eigenvalue weighted by Gasteiger charge is -2.08. The maximum Gasteiger partial charge on any atom is 0.262 e. The van der Waals surface area contributed by atoms with Crippen LogP contribution in [0.1, 0.15) is 11.1 Å². The van der Waals surface area contributed by atoms with Gasteiger partial charge in [-0.25, -0.2) is 0 Å². The SMILES string of the molecule is COCCNC(=O)C(C#N)=Cc1cn(CCOc2ccc(C)cc2)c2ccccc12. The Morgan fingerprint density at radius 3 is 2.67 bits per heavy atom. The van der Waals surface area contributed by atoms with Gasteiger partial charge < -0.3 is 19.4 Å². The largest absolute Gasteiger partial charge is 0.492 e. The van der Waals surface area contributed by atoms with Crippen LogP contribution >= 0.6 is 0 Å². The molecule has 0 aliphatic rings. The van der Waals surface area contributed by atoms with Crippen molar-refractivity contribution in [3.05, 3.63) is 71.4 Å². The fourth-order valence-electron chi connectivity index (χ4n) is 3.14. The summed E-state index contributed by atoms with van der Waals surface area (Å²) in [5, 5.41) is 13.1. The summed E-state index contributed by atoms with van der Waals surface area (Å²) < 4.78 is 12.9. The predicted molar refractivity (Wildman–Crippen MR) is 117 cm³/mol. The van der Waals surface area contributed by atoms with E-state index < -0.39 is 5.91 Å². The third-order valence-electron chi connectivity index (χ3n) is 4.70. The number of benzene rings is 2. The Labute approximate surface area is 176 Å². The average molecular weight is 403 g/mol. The lowest BCUT2D eigenvalue weighted by molar-refractivity contribution is -0.117. The van der Waals surface area contributed by atoms with E-state index in [0.29, 0.717) is 26.3 Å². The van der Waals surface area contributed by atoms with E-state index in [9.17, 15) is 10.1 Å². The van der Waals surface area contributed by atoms with Crippen LogP contribution < -0.4 is 10.1 Å². The molecule has 0 fully saturated rings. The van der Waals surface area contributed by atoms with Crippen LogP contribution in [0, 0.1) is 18.3 Å². The van der Waals surface area contributed by atoms with Gasteiger partial charge in [-0.05, 0) is 31.2 Å². The zero-order chi connectivity index (χ0) is 21.3. The number of carbonyl (C=O) groups is 1. The van der Waals surface area contributed by atoms with Crippen molar-refractivity contribution in [3.63, 3.8) is 0 Å². The molecular weight excluding hydrogens is 378 g/mol. The number of nitrogens with zero attached hydrogens (tertiary/aromatic N) is 2. The van der Waals surface area contributed by atoms with Gasteiger partial charge in [-0.15, -0.1) is 0 Å². The Balaban J connectivity index is 1.78. The fraction of sp³-hybridized carbons (Fsp3) is 0.250. The number of nitriles is 1. The number of rotatable bonds is 9. The van der Waals surface area contributed by atoms with Gasteiger partial charge in [0.2, 0.25) is 0 Å². The van der Waals surface area contributed by atoms with Gasteiger partial charge in [-0.2, -0.15) is 5.26 Å². The van der Waals surface area contributed by atoms with E-state index in [1.54, 1.807) is 13.2 Å². The molecule has 0 atom stereocenters. The summed E-state index contributed by atoms with van der Waals surface area (Å²) >= 11 is 0. The molecule has 3 aromatic rings. The molecule has 0 bridgehead atoms. The van der Waals surface area contributed by atoms with Crippen LogP contribution in [0.3, 0.4) is 0 Å². The molecule has 1 amide bonds. The van der Waals surface area contributed by atoms with E-state index in [1.165, 1.54) is 5.56 Å². The predicted octanol–water partition coefficient (Wildman–Crippen LogP) is 3.70. The van der Waals surface area contributed by atoms with Crippen molar-refractivity contribution < 1.29 is 14.3 Å². The number of para-hydroxylation sites is 1. The Kier molecular flexibility index (Phi) is 7.25. The molecule has 0 unspecified atom stereocenters. The standard InChI is InChI=1S/C24H25N3O3/c1-18-7-9-21(10-8-18)30-14-12-27-17-20(22-5-3-4-6-23(22)27)15-19(16-25)24(28)26-11-13-29-2/h3-10,15,17H,11-14H2,1-2H3,(H,26,28). The molecule has 0 saturated carbocycles. The van der Waals surface area contributed by atoms with Gasteiger partial charge in [-0.3, -0.25) is 4.79 Å². The Morgan fingerprint density at radius 1 is 1.17 bits per heavy atom. The number of amides is 1. The molecule has 6 heteroatoms. The minimum absolute atomic E-state index is 0.0601. The molecule has 154 valence electrons. The van der Waals surface area contributed by atoms with Gasteiger partial charge in [0.25, 0.3) is 5.91 Å². The van der Waals surface area contributed by atoms with Gasteiger partial charge in [0.1, 0.15) is 24.0 Å². The van der Waals surface area contributed by atoms with Crippen molar-refractivity contribution in [1.29, 1.82) is 5.26 Å². The second-order valence-corrected chi connectivity index (χ2v) is 6.88. The molecule has 2 aromatic carbocycles. The molecule has 30 heavy (non-hydrogen) atoms. The summed E-state index contributed by atoms with van der Waals surface area (Å²) in [5.41, 5.74) is 3.09. The van der Waals surface area contributed by atoms with Crippen molar-refractivity contribution in [2.45, 2.75) is 13.5 Å². The maximum absolute atomic E-state index is 12.3. The quantitative estimate of drug-likeness (QED) is 0.336. The average Bonchev–Trinajstić information content (AvgIpc) is 3.11. The normalized spacial score (nSPS) is 11.3. The summed E-state index contributed by atoms with van der Waals surface area (Å²) in [6.07, 6.45) is 3.57. The van der Waals surface area contributed by atoms with Crippen LogP contribution in [0.4, 0.5) is 0 Å². The number of ether oxygens (including phenoxy) is 2. The zero-order valence-electron chi connectivity index (χ0n) is 17.2. The lowest BCUT2D eigenvalue weighted by atomic mass is 10.1. The number of hydrogen-bond donors (Lipinski definition) is 1. The summed E-state index contributed by atoms with van der Waals surface area (Å²) in [7, 11) is 1.56. The molecule has 6 nitrogen and oxygen atoms in total. The van der Waals surface area contributed by atoms with Gasteiger partial charge in [0.05, 0.1) is 13.2 Å². The fourth-order valence-corrected chi connectivity index (χ4v) is 3.14. The van der Waals surface area contributed by atoms with Gasteiger partial charge in [0, 0.05) is 36.3 Å². The minimum atomic E-state index is -0.408. The Hall–Kier alpha value is -3.56. The molecule has 0 aliphatic heterocycles. The molecule has 0 spiro atoms. The number of hydrogen-bond acceptors (Lipinski definition) is 4. The van der Waals surface area contributed by atoms with Crippen molar-refractivity contribution in [2.24, 2.45) is 0 Å². The second kappa shape index (κ2) is 10.3. The van der Waals surface area contributed by atoms with Crippen LogP contribution in [0.2, 0.25) is 0 Å². The van der Waals surface area contributed by atoms with Crippen LogP contribution in [-0.4, -0.2) is 37.3 Å². The van der Waals surface area contributed by atoms with E-state index in [0.717, 1.165) is 22.2 Å². The molecule has 1 aromatic heterocycles. The zero-order valence-corrected chi connectivity index (χ0v) is 17.2. The highest BCUT2D eigenvalue weighted by atomic mass is 16.5. The second-order valence-electron chi connectivity index (χ2n) is 6.88. The van der Waals surface area contributed by atoms with Crippen molar-refractivity contribution >= 4 is 22.9 Å². The molecule has 1 N–H and O–H groups in total. The highest BCUT2D eigenvalue weighted by Gasteiger charge is 2.12. The van der Waals surface area contributed by atoms with E-state index >= 15 is 0 Å². The highest BCUT2D eigenvalue weighted by Crippen LogP contribution is 2.24. The highest BCUT2D eigenvalue weighted by molar-refractivity contribution is 6.04. The van der Waals surface area contributed by atoms with E-state index in [-0.39, 0.29) is 5.57 Å². The lowest BCUT2D eigenvalue weighted by Crippen LogP contribution is -2.27. The van der Waals surface area contributed by atoms with Crippen LogP contribution in [0.5, 0.6) is 5.75 Å². The molecule has 0 radical (unpaired) electrons. The topological polar surface area (TPSA) is 76.3 Å². The van der Waals surface area contributed by atoms with E-state index in [1.807, 2.05) is 67.7 Å². The first-order chi connectivity index (χ1) is 14.6. The number of nitrogens with one attached hydrogen (secondary N) is 1. The first-order valence-electron chi connectivity index (χ1n) is 9.78. The number of aryl methyl sites for hydroxylation is 1. The van der Waals surface area contributed by atoms with Gasteiger partial charge in [0.15, 0.2) is 0 Å².